The first-order valence-electron chi connectivity index (χ1n) is 6.89. The van der Waals surface area contributed by atoms with Crippen LogP contribution in [0.25, 0.3) is 0 Å². The second kappa shape index (κ2) is 5.48. The van der Waals surface area contributed by atoms with Gasteiger partial charge in [0.2, 0.25) is 5.79 Å². The van der Waals surface area contributed by atoms with Crippen LogP contribution >= 0.6 is 15.9 Å². The molecular formula is C17H15BrFNO2. The van der Waals surface area contributed by atoms with Gasteiger partial charge in [0.1, 0.15) is 11.5 Å². The van der Waals surface area contributed by atoms with Crippen molar-refractivity contribution in [1.82, 2.24) is 0 Å². The summed E-state index contributed by atoms with van der Waals surface area (Å²) in [5.74, 6) is -2.42. The minimum atomic E-state index is -1.51. The van der Waals surface area contributed by atoms with E-state index in [4.69, 9.17) is 4.84 Å². The first-order valence-corrected chi connectivity index (χ1v) is 7.68. The number of rotatable bonds is 2. The highest BCUT2D eigenvalue weighted by Crippen LogP contribution is 2.39. The van der Waals surface area contributed by atoms with Gasteiger partial charge >= 0.3 is 0 Å². The first-order chi connectivity index (χ1) is 10.4. The van der Waals surface area contributed by atoms with Crippen LogP contribution < -0.4 is 0 Å². The summed E-state index contributed by atoms with van der Waals surface area (Å²) in [6, 6.07) is 11.9. The molecule has 114 valence electrons. The van der Waals surface area contributed by atoms with E-state index in [1.165, 1.54) is 19.1 Å². The van der Waals surface area contributed by atoms with E-state index in [0.717, 1.165) is 15.6 Å². The van der Waals surface area contributed by atoms with E-state index in [9.17, 15) is 9.50 Å². The zero-order chi connectivity index (χ0) is 15.9. The maximum atomic E-state index is 13.6. The maximum Gasteiger partial charge on any atom is 0.244 e. The third kappa shape index (κ3) is 2.66. The van der Waals surface area contributed by atoms with Crippen LogP contribution in [0.3, 0.4) is 0 Å². The van der Waals surface area contributed by atoms with Crippen LogP contribution in [0.5, 0.6) is 0 Å². The Kier molecular flexibility index (Phi) is 3.78. The predicted octanol–water partition coefficient (Wildman–Crippen LogP) is 4.12. The number of aliphatic hydroxyl groups is 1. The van der Waals surface area contributed by atoms with Gasteiger partial charge in [-0.05, 0) is 42.3 Å². The van der Waals surface area contributed by atoms with E-state index in [-0.39, 0.29) is 5.82 Å². The quantitative estimate of drug-likeness (QED) is 0.871. The Hall–Kier alpha value is -1.72. The normalized spacial score (nSPS) is 24.0. The van der Waals surface area contributed by atoms with Crippen LogP contribution in [-0.2, 0) is 4.84 Å². The lowest BCUT2D eigenvalue weighted by Crippen LogP contribution is -2.34. The standard InChI is InChI=1S/C17H15BrFNO2/c1-10-8-12(6-7-14(10)18)16-15(17(2,21)22-20-16)11-4-3-5-13(19)9-11/h3-9,15,21H,1-2H3. The van der Waals surface area contributed by atoms with Crippen molar-refractivity contribution in [2.45, 2.75) is 25.6 Å². The molecule has 1 N–H and O–H groups in total. The van der Waals surface area contributed by atoms with E-state index in [0.29, 0.717) is 11.3 Å². The third-order valence-electron chi connectivity index (χ3n) is 3.77. The Morgan fingerprint density at radius 3 is 2.73 bits per heavy atom. The van der Waals surface area contributed by atoms with E-state index in [2.05, 4.69) is 21.1 Å². The molecule has 0 aliphatic carbocycles. The van der Waals surface area contributed by atoms with Crippen molar-refractivity contribution in [3.05, 3.63) is 69.4 Å². The molecule has 0 fully saturated rings. The van der Waals surface area contributed by atoms with Crippen molar-refractivity contribution in [2.24, 2.45) is 5.16 Å². The smallest absolute Gasteiger partial charge is 0.244 e. The number of hydrogen-bond donors (Lipinski definition) is 1. The molecule has 3 nitrogen and oxygen atoms in total. The molecule has 2 unspecified atom stereocenters. The number of benzene rings is 2. The topological polar surface area (TPSA) is 41.8 Å². The molecule has 1 aliphatic heterocycles. The van der Waals surface area contributed by atoms with E-state index >= 15 is 0 Å². The minimum Gasteiger partial charge on any atom is -0.359 e. The van der Waals surface area contributed by atoms with Crippen molar-refractivity contribution in [3.63, 3.8) is 0 Å². The summed E-state index contributed by atoms with van der Waals surface area (Å²) in [5.41, 5.74) is 3.10. The molecule has 0 radical (unpaired) electrons. The van der Waals surface area contributed by atoms with Gasteiger partial charge in [-0.15, -0.1) is 0 Å². The SMILES string of the molecule is Cc1cc(C2=NOC(C)(O)C2c2cccc(F)c2)ccc1Br. The summed E-state index contributed by atoms with van der Waals surface area (Å²) < 4.78 is 14.5. The van der Waals surface area contributed by atoms with E-state index in [1.54, 1.807) is 12.1 Å². The summed E-state index contributed by atoms with van der Waals surface area (Å²) in [6.07, 6.45) is 0. The van der Waals surface area contributed by atoms with Crippen LogP contribution in [0, 0.1) is 12.7 Å². The second-order valence-electron chi connectivity index (χ2n) is 5.57. The lowest BCUT2D eigenvalue weighted by molar-refractivity contribution is -0.179. The van der Waals surface area contributed by atoms with Gasteiger partial charge in [0, 0.05) is 17.0 Å². The highest BCUT2D eigenvalue weighted by Gasteiger charge is 2.45. The Morgan fingerprint density at radius 1 is 1.27 bits per heavy atom. The molecule has 2 aromatic rings. The number of oxime groups is 1. The fraction of sp³-hybridized carbons (Fsp3) is 0.235. The molecule has 2 atom stereocenters. The van der Waals surface area contributed by atoms with Crippen molar-refractivity contribution >= 4 is 21.6 Å². The first kappa shape index (κ1) is 15.2. The molecule has 5 heteroatoms. The fourth-order valence-electron chi connectivity index (χ4n) is 2.68. The average molecular weight is 364 g/mol. The zero-order valence-electron chi connectivity index (χ0n) is 12.2. The predicted molar refractivity (Wildman–Crippen MR) is 86.3 cm³/mol. The van der Waals surface area contributed by atoms with Crippen molar-refractivity contribution in [2.75, 3.05) is 0 Å². The monoisotopic (exact) mass is 363 g/mol. The Labute approximate surface area is 136 Å². The summed E-state index contributed by atoms with van der Waals surface area (Å²) in [6.45, 7) is 3.50. The number of halogens is 2. The Bertz CT molecular complexity index is 758. The summed E-state index contributed by atoms with van der Waals surface area (Å²) in [5, 5.41) is 14.5. The lowest BCUT2D eigenvalue weighted by Gasteiger charge is -2.24. The van der Waals surface area contributed by atoms with Gasteiger partial charge in [-0.25, -0.2) is 4.39 Å². The molecule has 0 amide bonds. The molecule has 0 saturated heterocycles. The van der Waals surface area contributed by atoms with Crippen molar-refractivity contribution in [3.8, 4) is 0 Å². The van der Waals surface area contributed by atoms with Gasteiger partial charge in [0.05, 0.1) is 5.92 Å². The number of aryl methyl sites for hydroxylation is 1. The van der Waals surface area contributed by atoms with Crippen LogP contribution in [0.1, 0.15) is 29.5 Å². The minimum absolute atomic E-state index is 0.355. The lowest BCUT2D eigenvalue weighted by atomic mass is 9.84. The molecule has 0 bridgehead atoms. The molecule has 1 aliphatic rings. The molecule has 1 heterocycles. The molecule has 0 saturated carbocycles. The summed E-state index contributed by atoms with van der Waals surface area (Å²) in [4.78, 5) is 5.19. The summed E-state index contributed by atoms with van der Waals surface area (Å²) >= 11 is 3.46. The van der Waals surface area contributed by atoms with Crippen molar-refractivity contribution < 1.29 is 14.3 Å². The molecular weight excluding hydrogens is 349 g/mol. The Balaban J connectivity index is 2.08. The van der Waals surface area contributed by atoms with Crippen LogP contribution in [0.15, 0.2) is 52.1 Å². The van der Waals surface area contributed by atoms with Crippen LogP contribution in [0.2, 0.25) is 0 Å². The maximum absolute atomic E-state index is 13.6. The second-order valence-corrected chi connectivity index (χ2v) is 6.43. The van der Waals surface area contributed by atoms with Gasteiger partial charge < -0.3 is 9.94 Å². The van der Waals surface area contributed by atoms with Gasteiger partial charge in [-0.2, -0.15) is 0 Å². The van der Waals surface area contributed by atoms with Gasteiger partial charge in [0.25, 0.3) is 0 Å². The van der Waals surface area contributed by atoms with Crippen LogP contribution in [0.4, 0.5) is 4.39 Å². The number of hydrogen-bond acceptors (Lipinski definition) is 3. The van der Waals surface area contributed by atoms with E-state index in [1.807, 2.05) is 25.1 Å². The van der Waals surface area contributed by atoms with Gasteiger partial charge in [-0.3, -0.25) is 0 Å². The molecule has 3 rings (SSSR count). The van der Waals surface area contributed by atoms with Crippen LogP contribution in [-0.4, -0.2) is 16.6 Å². The zero-order valence-corrected chi connectivity index (χ0v) is 13.8. The van der Waals surface area contributed by atoms with Gasteiger partial charge in [-0.1, -0.05) is 39.3 Å². The molecule has 0 spiro atoms. The van der Waals surface area contributed by atoms with Gasteiger partial charge in [0.15, 0.2) is 0 Å². The average Bonchev–Trinajstić information content (AvgIpc) is 2.77. The molecule has 2 aromatic carbocycles. The van der Waals surface area contributed by atoms with E-state index < -0.39 is 11.7 Å². The highest BCUT2D eigenvalue weighted by atomic mass is 79.9. The molecule has 0 aromatic heterocycles. The highest BCUT2D eigenvalue weighted by molar-refractivity contribution is 9.10. The summed E-state index contributed by atoms with van der Waals surface area (Å²) in [7, 11) is 0. The fourth-order valence-corrected chi connectivity index (χ4v) is 2.92. The number of nitrogens with zero attached hydrogens (tertiary/aromatic N) is 1. The largest absolute Gasteiger partial charge is 0.359 e. The van der Waals surface area contributed by atoms with Crippen molar-refractivity contribution in [1.29, 1.82) is 0 Å². The third-order valence-corrected chi connectivity index (χ3v) is 4.66. The Morgan fingerprint density at radius 2 is 2.05 bits per heavy atom. The molecule has 22 heavy (non-hydrogen) atoms.